The molecule has 0 spiro atoms. The first kappa shape index (κ1) is 20.1. The van der Waals surface area contributed by atoms with Crippen LogP contribution in [0.2, 0.25) is 0 Å². The van der Waals surface area contributed by atoms with Gasteiger partial charge in [0.15, 0.2) is 11.5 Å². The highest BCUT2D eigenvalue weighted by atomic mass is 16.7. The Kier molecular flexibility index (Phi) is 5.18. The quantitative estimate of drug-likeness (QED) is 0.634. The van der Waals surface area contributed by atoms with E-state index in [9.17, 15) is 4.79 Å². The van der Waals surface area contributed by atoms with Crippen LogP contribution >= 0.6 is 0 Å². The fourth-order valence-electron chi connectivity index (χ4n) is 4.78. The van der Waals surface area contributed by atoms with Crippen molar-refractivity contribution >= 4 is 10.9 Å². The van der Waals surface area contributed by atoms with E-state index < -0.39 is 0 Å². The van der Waals surface area contributed by atoms with Gasteiger partial charge in [0.2, 0.25) is 6.79 Å². The maximum Gasteiger partial charge on any atom is 0.261 e. The summed E-state index contributed by atoms with van der Waals surface area (Å²) in [6.07, 6.45) is 2.34. The molecule has 2 aliphatic rings. The predicted molar refractivity (Wildman–Crippen MR) is 122 cm³/mol. The molecule has 2 aromatic carbocycles. The second-order valence-electron chi connectivity index (χ2n) is 8.97. The molecule has 0 N–H and O–H groups in total. The van der Waals surface area contributed by atoms with Crippen LogP contribution in [0.25, 0.3) is 22.0 Å². The van der Waals surface area contributed by atoms with Gasteiger partial charge in [-0.15, -0.1) is 0 Å². The molecule has 0 unspecified atom stereocenters. The van der Waals surface area contributed by atoms with Crippen molar-refractivity contribution in [2.24, 2.45) is 5.92 Å². The van der Waals surface area contributed by atoms with Gasteiger partial charge in [-0.05, 0) is 81.5 Å². The van der Waals surface area contributed by atoms with Crippen molar-refractivity contribution in [1.29, 1.82) is 0 Å². The van der Waals surface area contributed by atoms with Gasteiger partial charge in [0, 0.05) is 19.1 Å². The second-order valence-corrected chi connectivity index (χ2v) is 8.97. The lowest BCUT2D eigenvalue weighted by molar-refractivity contribution is 0.129. The number of fused-ring (bicyclic) bond motifs is 2. The van der Waals surface area contributed by atoms with Gasteiger partial charge in [-0.1, -0.05) is 12.1 Å². The van der Waals surface area contributed by atoms with E-state index in [1.165, 1.54) is 6.42 Å². The first-order valence-corrected chi connectivity index (χ1v) is 11.1. The molecule has 2 aliphatic heterocycles. The van der Waals surface area contributed by atoms with Crippen LogP contribution < -0.4 is 15.0 Å². The van der Waals surface area contributed by atoms with Crippen LogP contribution in [0.15, 0.2) is 41.2 Å². The van der Waals surface area contributed by atoms with Crippen LogP contribution in [0.3, 0.4) is 0 Å². The number of piperidine rings is 1. The maximum atomic E-state index is 13.5. The molecule has 1 atom stereocenters. The molecule has 5 rings (SSSR count). The molecule has 1 fully saturated rings. The Bertz CT molecular complexity index is 1180. The molecule has 3 heterocycles. The SMILES string of the molecule is Cc1nc2ccc(-c3ccc4c(c3)OCO4)cc2c(=O)n1C[C@H]1CCCN(C(C)C)C1. The first-order valence-electron chi connectivity index (χ1n) is 11.1. The molecule has 0 aliphatic carbocycles. The number of nitrogens with zero attached hydrogens (tertiary/aromatic N) is 3. The van der Waals surface area contributed by atoms with Crippen molar-refractivity contribution in [2.45, 2.75) is 46.2 Å². The third-order valence-corrected chi connectivity index (χ3v) is 6.57. The highest BCUT2D eigenvalue weighted by Crippen LogP contribution is 2.36. The Hall–Kier alpha value is -2.86. The van der Waals surface area contributed by atoms with Crippen LogP contribution in [0.4, 0.5) is 0 Å². The summed E-state index contributed by atoms with van der Waals surface area (Å²) >= 11 is 0. The highest BCUT2D eigenvalue weighted by Gasteiger charge is 2.23. The summed E-state index contributed by atoms with van der Waals surface area (Å²) in [5, 5.41) is 0.664. The van der Waals surface area contributed by atoms with Gasteiger partial charge in [-0.2, -0.15) is 0 Å². The van der Waals surface area contributed by atoms with Crippen LogP contribution in [0, 0.1) is 12.8 Å². The Morgan fingerprint density at radius 2 is 1.87 bits per heavy atom. The van der Waals surface area contributed by atoms with Crippen LogP contribution in [0.1, 0.15) is 32.5 Å². The van der Waals surface area contributed by atoms with E-state index in [2.05, 4.69) is 18.7 Å². The molecule has 1 saturated heterocycles. The van der Waals surface area contributed by atoms with E-state index in [1.54, 1.807) is 0 Å². The topological polar surface area (TPSA) is 56.6 Å². The van der Waals surface area contributed by atoms with Crippen molar-refractivity contribution in [3.63, 3.8) is 0 Å². The number of hydrogen-bond acceptors (Lipinski definition) is 5. The van der Waals surface area contributed by atoms with E-state index in [4.69, 9.17) is 14.5 Å². The lowest BCUT2D eigenvalue weighted by atomic mass is 9.96. The molecule has 162 valence electrons. The Balaban J connectivity index is 1.49. The molecule has 3 aromatic rings. The monoisotopic (exact) mass is 419 g/mol. The van der Waals surface area contributed by atoms with E-state index in [0.717, 1.165) is 60.0 Å². The number of ether oxygens (including phenoxy) is 2. The fraction of sp³-hybridized carbons (Fsp3) is 0.440. The van der Waals surface area contributed by atoms with Crippen LogP contribution in [-0.4, -0.2) is 40.4 Å². The maximum absolute atomic E-state index is 13.5. The van der Waals surface area contributed by atoms with Gasteiger partial charge < -0.3 is 14.4 Å². The third-order valence-electron chi connectivity index (χ3n) is 6.57. The Morgan fingerprint density at radius 1 is 1.10 bits per heavy atom. The molecule has 0 radical (unpaired) electrons. The molecule has 0 amide bonds. The van der Waals surface area contributed by atoms with E-state index in [0.29, 0.717) is 17.3 Å². The second kappa shape index (κ2) is 8.00. The lowest BCUT2D eigenvalue weighted by Crippen LogP contribution is -2.42. The van der Waals surface area contributed by atoms with Gasteiger partial charge >= 0.3 is 0 Å². The van der Waals surface area contributed by atoms with Crippen molar-refractivity contribution in [3.8, 4) is 22.6 Å². The number of likely N-dealkylation sites (tertiary alicyclic amines) is 1. The van der Waals surface area contributed by atoms with E-state index >= 15 is 0 Å². The van der Waals surface area contributed by atoms with Gasteiger partial charge in [-0.25, -0.2) is 4.98 Å². The van der Waals surface area contributed by atoms with Crippen LogP contribution in [-0.2, 0) is 6.54 Å². The minimum atomic E-state index is 0.0479. The largest absolute Gasteiger partial charge is 0.454 e. The summed E-state index contributed by atoms with van der Waals surface area (Å²) in [5.41, 5.74) is 2.77. The number of aromatic nitrogens is 2. The molecule has 0 bridgehead atoms. The molecule has 6 heteroatoms. The van der Waals surface area contributed by atoms with Crippen molar-refractivity contribution in [2.75, 3.05) is 19.9 Å². The zero-order valence-corrected chi connectivity index (χ0v) is 18.4. The predicted octanol–water partition coefficient (Wildman–Crippen LogP) is 4.22. The summed E-state index contributed by atoms with van der Waals surface area (Å²) in [6, 6.07) is 12.3. The minimum Gasteiger partial charge on any atom is -0.454 e. The van der Waals surface area contributed by atoms with Gasteiger partial charge in [0.1, 0.15) is 5.82 Å². The molecular weight excluding hydrogens is 390 g/mol. The molecule has 6 nitrogen and oxygen atoms in total. The summed E-state index contributed by atoms with van der Waals surface area (Å²) < 4.78 is 12.8. The zero-order valence-electron chi connectivity index (χ0n) is 18.4. The number of hydrogen-bond donors (Lipinski definition) is 0. The average Bonchev–Trinajstić information content (AvgIpc) is 3.24. The molecule has 1 aromatic heterocycles. The number of benzene rings is 2. The van der Waals surface area contributed by atoms with Crippen molar-refractivity contribution < 1.29 is 9.47 Å². The zero-order chi connectivity index (χ0) is 21.5. The summed E-state index contributed by atoms with van der Waals surface area (Å²) in [6.45, 7) is 9.60. The summed E-state index contributed by atoms with van der Waals surface area (Å²) in [4.78, 5) is 20.7. The lowest BCUT2D eigenvalue weighted by Gasteiger charge is -2.35. The van der Waals surface area contributed by atoms with Gasteiger partial charge in [0.05, 0.1) is 10.9 Å². The minimum absolute atomic E-state index is 0.0479. The molecule has 0 saturated carbocycles. The van der Waals surface area contributed by atoms with Crippen molar-refractivity contribution in [1.82, 2.24) is 14.5 Å². The third kappa shape index (κ3) is 3.81. The standard InChI is InChI=1S/C25H29N3O3/c1-16(2)27-10-4-5-18(13-27)14-28-17(3)26-22-8-6-19(11-21(22)25(28)29)20-7-9-23-24(12-20)31-15-30-23/h6-9,11-12,16,18H,4-5,10,13-15H2,1-3H3/t18-/m0/s1. The number of aryl methyl sites for hydroxylation is 1. The van der Waals surface area contributed by atoms with E-state index in [1.807, 2.05) is 47.9 Å². The van der Waals surface area contributed by atoms with Gasteiger partial charge in [-0.3, -0.25) is 9.36 Å². The Morgan fingerprint density at radius 3 is 2.71 bits per heavy atom. The molecule has 31 heavy (non-hydrogen) atoms. The number of rotatable bonds is 4. The summed E-state index contributed by atoms with van der Waals surface area (Å²) in [5.74, 6) is 2.76. The van der Waals surface area contributed by atoms with Crippen LogP contribution in [0.5, 0.6) is 11.5 Å². The van der Waals surface area contributed by atoms with Crippen molar-refractivity contribution in [3.05, 3.63) is 52.6 Å². The highest BCUT2D eigenvalue weighted by molar-refractivity contribution is 5.84. The summed E-state index contributed by atoms with van der Waals surface area (Å²) in [7, 11) is 0. The molecular formula is C25H29N3O3. The van der Waals surface area contributed by atoms with Gasteiger partial charge in [0.25, 0.3) is 5.56 Å². The Labute approximate surface area is 182 Å². The fourth-order valence-corrected chi connectivity index (χ4v) is 4.78. The normalized spacial score (nSPS) is 18.8. The van der Waals surface area contributed by atoms with E-state index in [-0.39, 0.29) is 12.4 Å². The first-order chi connectivity index (χ1) is 15.0. The smallest absolute Gasteiger partial charge is 0.261 e. The average molecular weight is 420 g/mol.